The molecule has 0 aliphatic rings. The number of aromatic nitrogens is 2. The van der Waals surface area contributed by atoms with Crippen molar-refractivity contribution in [2.24, 2.45) is 13.0 Å². The summed E-state index contributed by atoms with van der Waals surface area (Å²) in [5.74, 6) is -0.819. The third-order valence-electron chi connectivity index (χ3n) is 2.11. The van der Waals surface area contributed by atoms with Crippen LogP contribution < -0.4 is 0 Å². The van der Waals surface area contributed by atoms with Gasteiger partial charge >= 0.3 is 5.97 Å². The Balaban J connectivity index is 3.20. The van der Waals surface area contributed by atoms with Gasteiger partial charge in [0, 0.05) is 13.0 Å². The maximum absolute atomic E-state index is 11.7. The topological polar surface area (TPSA) is 61.2 Å². The molecule has 0 spiro atoms. The number of ether oxygens (including phenoxy) is 1. The number of rotatable bonds is 3. The van der Waals surface area contributed by atoms with Gasteiger partial charge < -0.3 is 4.74 Å². The van der Waals surface area contributed by atoms with Crippen molar-refractivity contribution in [1.29, 1.82) is 0 Å². The molecule has 0 aliphatic heterocycles. The van der Waals surface area contributed by atoms with Crippen LogP contribution in [0.4, 0.5) is 0 Å². The number of carbonyl (C=O) groups is 2. The highest BCUT2D eigenvalue weighted by atomic mass is 16.5. The highest BCUT2D eigenvalue weighted by Gasteiger charge is 2.23. The van der Waals surface area contributed by atoms with Gasteiger partial charge in [0.1, 0.15) is 0 Å². The van der Waals surface area contributed by atoms with Gasteiger partial charge in [-0.05, 0) is 0 Å². The number of Topliss-reactive ketones (excluding diaryl/α,β-unsaturated/α-hetero) is 1. The first-order valence-electron chi connectivity index (χ1n) is 4.63. The van der Waals surface area contributed by atoms with Gasteiger partial charge in [0.15, 0.2) is 11.5 Å². The summed E-state index contributed by atoms with van der Waals surface area (Å²) in [6.45, 7) is 3.55. The second-order valence-electron chi connectivity index (χ2n) is 3.54. The largest absolute Gasteiger partial charge is 0.464 e. The lowest BCUT2D eigenvalue weighted by atomic mass is 10.0. The van der Waals surface area contributed by atoms with Gasteiger partial charge in [-0.1, -0.05) is 13.8 Å². The molecule has 0 unspecified atom stereocenters. The van der Waals surface area contributed by atoms with Crippen LogP contribution in [0.25, 0.3) is 0 Å². The second-order valence-corrected chi connectivity index (χ2v) is 3.54. The molecule has 15 heavy (non-hydrogen) atoms. The highest BCUT2D eigenvalue weighted by Crippen LogP contribution is 2.14. The van der Waals surface area contributed by atoms with Crippen molar-refractivity contribution in [3.63, 3.8) is 0 Å². The molecule has 0 aliphatic carbocycles. The third-order valence-corrected chi connectivity index (χ3v) is 2.11. The van der Waals surface area contributed by atoms with Crippen LogP contribution in [0.3, 0.4) is 0 Å². The van der Waals surface area contributed by atoms with Gasteiger partial charge in [-0.3, -0.25) is 9.48 Å². The van der Waals surface area contributed by atoms with Gasteiger partial charge in [-0.2, -0.15) is 5.10 Å². The van der Waals surface area contributed by atoms with Crippen LogP contribution in [0.1, 0.15) is 34.7 Å². The average Bonchev–Trinajstić information content (AvgIpc) is 2.57. The van der Waals surface area contributed by atoms with Crippen molar-refractivity contribution in [1.82, 2.24) is 9.78 Å². The Bertz CT molecular complexity index is 393. The Morgan fingerprint density at radius 1 is 1.47 bits per heavy atom. The fourth-order valence-corrected chi connectivity index (χ4v) is 1.27. The number of aryl methyl sites for hydroxylation is 1. The molecular formula is C10H14N2O3. The van der Waals surface area contributed by atoms with Crippen molar-refractivity contribution < 1.29 is 14.3 Å². The Morgan fingerprint density at radius 2 is 2.07 bits per heavy atom. The van der Waals surface area contributed by atoms with Crippen LogP contribution >= 0.6 is 0 Å². The van der Waals surface area contributed by atoms with Crippen molar-refractivity contribution in [3.05, 3.63) is 17.5 Å². The number of hydrogen-bond acceptors (Lipinski definition) is 4. The van der Waals surface area contributed by atoms with E-state index in [1.165, 1.54) is 18.0 Å². The third kappa shape index (κ3) is 2.06. The van der Waals surface area contributed by atoms with Crippen LogP contribution in [0, 0.1) is 5.92 Å². The maximum Gasteiger partial charge on any atom is 0.357 e. The predicted molar refractivity (Wildman–Crippen MR) is 53.7 cm³/mol. The molecule has 0 radical (unpaired) electrons. The molecule has 5 heteroatoms. The summed E-state index contributed by atoms with van der Waals surface area (Å²) in [5.41, 5.74) is 0.524. The van der Waals surface area contributed by atoms with Crippen molar-refractivity contribution in [2.45, 2.75) is 13.8 Å². The van der Waals surface area contributed by atoms with E-state index in [1.54, 1.807) is 20.9 Å². The molecule has 1 aromatic rings. The fourth-order valence-electron chi connectivity index (χ4n) is 1.27. The zero-order chi connectivity index (χ0) is 11.6. The first-order valence-corrected chi connectivity index (χ1v) is 4.63. The summed E-state index contributed by atoms with van der Waals surface area (Å²) >= 11 is 0. The van der Waals surface area contributed by atoms with E-state index in [1.807, 2.05) is 0 Å². The van der Waals surface area contributed by atoms with Crippen molar-refractivity contribution in [3.8, 4) is 0 Å². The van der Waals surface area contributed by atoms with E-state index < -0.39 is 5.97 Å². The summed E-state index contributed by atoms with van der Waals surface area (Å²) in [4.78, 5) is 23.1. The monoisotopic (exact) mass is 210 g/mol. The molecule has 5 nitrogen and oxygen atoms in total. The van der Waals surface area contributed by atoms with Crippen molar-refractivity contribution in [2.75, 3.05) is 7.11 Å². The molecule has 0 bridgehead atoms. The molecule has 0 saturated heterocycles. The van der Waals surface area contributed by atoms with Crippen LogP contribution in [0.5, 0.6) is 0 Å². The lowest BCUT2D eigenvalue weighted by Gasteiger charge is -2.05. The van der Waals surface area contributed by atoms with Gasteiger partial charge in [0.05, 0.1) is 18.9 Å². The number of methoxy groups -OCH3 is 1. The maximum atomic E-state index is 11.7. The van der Waals surface area contributed by atoms with E-state index in [-0.39, 0.29) is 17.4 Å². The average molecular weight is 210 g/mol. The molecular weight excluding hydrogens is 196 g/mol. The van der Waals surface area contributed by atoms with Gasteiger partial charge in [-0.25, -0.2) is 4.79 Å². The number of esters is 1. The minimum atomic E-state index is -0.543. The fraction of sp³-hybridized carbons (Fsp3) is 0.500. The molecule has 0 aromatic carbocycles. The molecule has 0 atom stereocenters. The SMILES string of the molecule is COC(=O)c1c(C(=O)C(C)C)cnn1C. The molecule has 1 heterocycles. The summed E-state index contributed by atoms with van der Waals surface area (Å²) in [6, 6.07) is 0. The minimum absolute atomic E-state index is 0.108. The van der Waals surface area contributed by atoms with Crippen LogP contribution in [-0.2, 0) is 11.8 Å². The Hall–Kier alpha value is -1.65. The summed E-state index contributed by atoms with van der Waals surface area (Å²) in [6.07, 6.45) is 1.40. The minimum Gasteiger partial charge on any atom is -0.464 e. The second kappa shape index (κ2) is 4.25. The zero-order valence-electron chi connectivity index (χ0n) is 9.27. The lowest BCUT2D eigenvalue weighted by molar-refractivity contribution is 0.0584. The molecule has 0 N–H and O–H groups in total. The molecule has 1 aromatic heterocycles. The Kier molecular flexibility index (Phi) is 3.24. The van der Waals surface area contributed by atoms with E-state index in [9.17, 15) is 9.59 Å². The van der Waals surface area contributed by atoms with Crippen LogP contribution in [-0.4, -0.2) is 28.6 Å². The smallest absolute Gasteiger partial charge is 0.357 e. The van der Waals surface area contributed by atoms with Gasteiger partial charge in [0.25, 0.3) is 0 Å². The predicted octanol–water partition coefficient (Wildman–Crippen LogP) is 1.05. The Morgan fingerprint density at radius 3 is 2.53 bits per heavy atom. The standard InChI is InChI=1S/C10H14N2O3/c1-6(2)9(13)7-5-11-12(3)8(7)10(14)15-4/h5-6H,1-4H3. The first-order chi connectivity index (χ1) is 6.99. The van der Waals surface area contributed by atoms with Crippen molar-refractivity contribution >= 4 is 11.8 Å². The summed E-state index contributed by atoms with van der Waals surface area (Å²) in [5, 5.41) is 3.88. The molecule has 0 fully saturated rings. The molecule has 1 rings (SSSR count). The first kappa shape index (κ1) is 11.4. The number of hydrogen-bond donors (Lipinski definition) is 0. The normalized spacial score (nSPS) is 10.5. The molecule has 82 valence electrons. The van der Waals surface area contributed by atoms with Gasteiger partial charge in [-0.15, -0.1) is 0 Å². The van der Waals surface area contributed by atoms with E-state index in [2.05, 4.69) is 9.84 Å². The van der Waals surface area contributed by atoms with E-state index >= 15 is 0 Å². The highest BCUT2D eigenvalue weighted by molar-refractivity contribution is 6.05. The number of carbonyl (C=O) groups excluding carboxylic acids is 2. The van der Waals surface area contributed by atoms with Gasteiger partial charge in [0.2, 0.25) is 0 Å². The molecule has 0 saturated carbocycles. The summed E-state index contributed by atoms with van der Waals surface area (Å²) in [7, 11) is 2.88. The number of nitrogens with zero attached hydrogens (tertiary/aromatic N) is 2. The quantitative estimate of drug-likeness (QED) is 0.552. The summed E-state index contributed by atoms with van der Waals surface area (Å²) < 4.78 is 5.94. The van der Waals surface area contributed by atoms with Crippen LogP contribution in [0.15, 0.2) is 6.20 Å². The van der Waals surface area contributed by atoms with E-state index in [4.69, 9.17) is 0 Å². The zero-order valence-corrected chi connectivity index (χ0v) is 9.27. The number of ketones is 1. The molecule has 0 amide bonds. The Labute approximate surface area is 88.0 Å². The van der Waals surface area contributed by atoms with Crippen LogP contribution in [0.2, 0.25) is 0 Å². The lowest BCUT2D eigenvalue weighted by Crippen LogP contribution is -2.16. The van der Waals surface area contributed by atoms with E-state index in [0.29, 0.717) is 5.56 Å². The van der Waals surface area contributed by atoms with E-state index in [0.717, 1.165) is 0 Å².